The maximum absolute atomic E-state index is 5.57. The smallest absolute Gasteiger partial charge is 0.104 e. The molecule has 21 heavy (non-hydrogen) atoms. The zero-order valence-corrected chi connectivity index (χ0v) is 13.1. The molecule has 0 spiro atoms. The van der Waals surface area contributed by atoms with Gasteiger partial charge in [0.15, 0.2) is 0 Å². The van der Waals surface area contributed by atoms with Crippen molar-refractivity contribution in [2.75, 3.05) is 52.9 Å². The van der Waals surface area contributed by atoms with E-state index in [1.165, 1.54) is 0 Å². The first kappa shape index (κ1) is 17.1. The lowest BCUT2D eigenvalue weighted by Gasteiger charge is -2.14. The maximum Gasteiger partial charge on any atom is 0.104 e. The monoisotopic (exact) mass is 304 g/mol. The van der Waals surface area contributed by atoms with E-state index in [2.05, 4.69) is 0 Å². The molecule has 0 N–H and O–H groups in total. The molecule has 4 unspecified atom stereocenters. The Kier molecular flexibility index (Phi) is 7.92. The molecule has 2 heterocycles. The van der Waals surface area contributed by atoms with Crippen LogP contribution in [0.25, 0.3) is 0 Å². The Morgan fingerprint density at radius 3 is 1.67 bits per heavy atom. The standard InChI is InChI=1S/C15H28O6/c1-12(18-8-14-10-20-14)6-16-4-3-5-17-7-13(2)19-9-15-11-21-15/h12-15H,3-11H2,1-2H3. The highest BCUT2D eigenvalue weighted by molar-refractivity contribution is 4.68. The molecule has 0 aromatic carbocycles. The van der Waals surface area contributed by atoms with Gasteiger partial charge in [-0.1, -0.05) is 0 Å². The Balaban J connectivity index is 1.29. The summed E-state index contributed by atoms with van der Waals surface area (Å²) >= 11 is 0. The van der Waals surface area contributed by atoms with Crippen LogP contribution in [-0.4, -0.2) is 77.3 Å². The largest absolute Gasteiger partial charge is 0.379 e. The minimum absolute atomic E-state index is 0.119. The maximum atomic E-state index is 5.57. The van der Waals surface area contributed by atoms with Gasteiger partial charge in [-0.3, -0.25) is 0 Å². The SMILES string of the molecule is CC(COCCCOCC(C)OCC1CO1)OCC1CO1. The number of hydrogen-bond donors (Lipinski definition) is 0. The molecule has 4 atom stereocenters. The third-order valence-electron chi connectivity index (χ3n) is 3.22. The molecule has 2 rings (SSSR count). The molecule has 0 aromatic heterocycles. The van der Waals surface area contributed by atoms with Gasteiger partial charge in [-0.25, -0.2) is 0 Å². The van der Waals surface area contributed by atoms with Crippen LogP contribution in [0.4, 0.5) is 0 Å². The van der Waals surface area contributed by atoms with Gasteiger partial charge < -0.3 is 28.4 Å². The molecule has 6 nitrogen and oxygen atoms in total. The summed E-state index contributed by atoms with van der Waals surface area (Å²) in [4.78, 5) is 0. The molecule has 0 amide bonds. The van der Waals surface area contributed by atoms with E-state index in [-0.39, 0.29) is 12.2 Å². The van der Waals surface area contributed by atoms with Crippen molar-refractivity contribution in [1.82, 2.24) is 0 Å². The van der Waals surface area contributed by atoms with E-state index in [0.717, 1.165) is 19.6 Å². The van der Waals surface area contributed by atoms with E-state index in [1.54, 1.807) is 0 Å². The highest BCUT2D eigenvalue weighted by atomic mass is 16.6. The summed E-state index contributed by atoms with van der Waals surface area (Å²) in [6, 6.07) is 0. The van der Waals surface area contributed by atoms with Crippen molar-refractivity contribution >= 4 is 0 Å². The lowest BCUT2D eigenvalue weighted by atomic mass is 10.4. The van der Waals surface area contributed by atoms with Crippen LogP contribution in [0.15, 0.2) is 0 Å². The molecule has 2 aliphatic rings. The first-order valence-electron chi connectivity index (χ1n) is 7.86. The van der Waals surface area contributed by atoms with E-state index < -0.39 is 0 Å². The van der Waals surface area contributed by atoms with Crippen molar-refractivity contribution in [2.24, 2.45) is 0 Å². The van der Waals surface area contributed by atoms with Crippen LogP contribution in [0.5, 0.6) is 0 Å². The van der Waals surface area contributed by atoms with Gasteiger partial charge in [0.05, 0.1) is 51.8 Å². The fourth-order valence-electron chi connectivity index (χ4n) is 1.73. The van der Waals surface area contributed by atoms with Crippen molar-refractivity contribution < 1.29 is 28.4 Å². The van der Waals surface area contributed by atoms with Crippen LogP contribution in [-0.2, 0) is 28.4 Å². The lowest BCUT2D eigenvalue weighted by molar-refractivity contribution is -0.0285. The van der Waals surface area contributed by atoms with Gasteiger partial charge in [0.2, 0.25) is 0 Å². The van der Waals surface area contributed by atoms with Crippen molar-refractivity contribution in [3.63, 3.8) is 0 Å². The van der Waals surface area contributed by atoms with Crippen LogP contribution in [0, 0.1) is 0 Å². The normalized spacial score (nSPS) is 26.6. The second-order valence-electron chi connectivity index (χ2n) is 5.70. The Bertz CT molecular complexity index is 241. The molecule has 0 radical (unpaired) electrons. The Labute approximate surface area is 127 Å². The molecule has 6 heteroatoms. The van der Waals surface area contributed by atoms with E-state index in [0.29, 0.717) is 51.8 Å². The van der Waals surface area contributed by atoms with Crippen LogP contribution in [0.2, 0.25) is 0 Å². The van der Waals surface area contributed by atoms with E-state index in [9.17, 15) is 0 Å². The van der Waals surface area contributed by atoms with Crippen LogP contribution >= 0.6 is 0 Å². The minimum Gasteiger partial charge on any atom is -0.379 e. The van der Waals surface area contributed by atoms with Crippen molar-refractivity contribution in [3.8, 4) is 0 Å². The van der Waals surface area contributed by atoms with Gasteiger partial charge in [0.25, 0.3) is 0 Å². The summed E-state index contributed by atoms with van der Waals surface area (Å²) in [6.07, 6.45) is 1.76. The van der Waals surface area contributed by atoms with Crippen LogP contribution in [0.3, 0.4) is 0 Å². The average molecular weight is 304 g/mol. The van der Waals surface area contributed by atoms with Gasteiger partial charge in [-0.2, -0.15) is 0 Å². The highest BCUT2D eigenvalue weighted by Gasteiger charge is 2.24. The third kappa shape index (κ3) is 9.39. The van der Waals surface area contributed by atoms with E-state index >= 15 is 0 Å². The molecule has 2 fully saturated rings. The van der Waals surface area contributed by atoms with E-state index in [1.807, 2.05) is 13.8 Å². The second-order valence-corrected chi connectivity index (χ2v) is 5.70. The molecular formula is C15H28O6. The Morgan fingerprint density at radius 2 is 1.29 bits per heavy atom. The second kappa shape index (κ2) is 9.71. The number of rotatable bonds is 14. The lowest BCUT2D eigenvalue weighted by Crippen LogP contribution is -2.20. The first-order chi connectivity index (χ1) is 10.2. The fraction of sp³-hybridized carbons (Fsp3) is 1.00. The predicted octanol–water partition coefficient (Wildman–Crippen LogP) is 1.02. The van der Waals surface area contributed by atoms with Gasteiger partial charge in [0.1, 0.15) is 12.2 Å². The van der Waals surface area contributed by atoms with Crippen molar-refractivity contribution in [3.05, 3.63) is 0 Å². The summed E-state index contributed by atoms with van der Waals surface area (Å²) in [6.45, 7) is 9.68. The zero-order valence-electron chi connectivity index (χ0n) is 13.1. The van der Waals surface area contributed by atoms with E-state index in [4.69, 9.17) is 28.4 Å². The zero-order chi connectivity index (χ0) is 14.9. The summed E-state index contributed by atoms with van der Waals surface area (Å²) in [7, 11) is 0. The molecule has 2 aliphatic heterocycles. The number of hydrogen-bond acceptors (Lipinski definition) is 6. The van der Waals surface area contributed by atoms with Crippen molar-refractivity contribution in [2.45, 2.75) is 44.7 Å². The summed E-state index contributed by atoms with van der Waals surface area (Å²) in [5.74, 6) is 0. The van der Waals surface area contributed by atoms with Gasteiger partial charge in [-0.15, -0.1) is 0 Å². The Hall–Kier alpha value is -0.240. The van der Waals surface area contributed by atoms with Gasteiger partial charge in [-0.05, 0) is 20.3 Å². The van der Waals surface area contributed by atoms with Gasteiger partial charge in [0, 0.05) is 13.2 Å². The predicted molar refractivity (Wildman–Crippen MR) is 76.6 cm³/mol. The molecule has 0 aromatic rings. The van der Waals surface area contributed by atoms with Gasteiger partial charge >= 0.3 is 0 Å². The molecule has 0 aliphatic carbocycles. The Morgan fingerprint density at radius 1 is 0.857 bits per heavy atom. The topological polar surface area (TPSA) is 62.0 Å². The van der Waals surface area contributed by atoms with Crippen LogP contribution in [0.1, 0.15) is 20.3 Å². The highest BCUT2D eigenvalue weighted by Crippen LogP contribution is 2.10. The third-order valence-corrected chi connectivity index (χ3v) is 3.22. The summed E-state index contributed by atoms with van der Waals surface area (Å²) in [5.41, 5.74) is 0. The van der Waals surface area contributed by atoms with Crippen molar-refractivity contribution in [1.29, 1.82) is 0 Å². The molecule has 0 bridgehead atoms. The first-order valence-corrected chi connectivity index (χ1v) is 7.86. The molecular weight excluding hydrogens is 276 g/mol. The summed E-state index contributed by atoms with van der Waals surface area (Å²) in [5, 5.41) is 0. The average Bonchev–Trinajstić information content (AvgIpc) is 3.36. The fourth-order valence-corrected chi connectivity index (χ4v) is 1.73. The minimum atomic E-state index is 0.119. The number of epoxide rings is 2. The number of ether oxygens (including phenoxy) is 6. The molecule has 0 saturated carbocycles. The quantitative estimate of drug-likeness (QED) is 0.353. The summed E-state index contributed by atoms with van der Waals surface area (Å²) < 4.78 is 32.4. The van der Waals surface area contributed by atoms with Crippen LogP contribution < -0.4 is 0 Å². The molecule has 2 saturated heterocycles. The molecule has 124 valence electrons.